The minimum Gasteiger partial charge on any atom is -0.364 e. The highest BCUT2D eigenvalue weighted by atomic mass is 79.9. The van der Waals surface area contributed by atoms with Crippen molar-refractivity contribution >= 4 is 27.4 Å². The molecule has 4 nitrogen and oxygen atoms in total. The number of anilines is 1. The lowest BCUT2D eigenvalue weighted by molar-refractivity contribution is 0.502. The van der Waals surface area contributed by atoms with Crippen molar-refractivity contribution in [3.05, 3.63) is 23.2 Å². The lowest BCUT2D eigenvalue weighted by atomic mass is 10.0. The number of fused-ring (bicyclic) bond motifs is 1. The van der Waals surface area contributed by atoms with Gasteiger partial charge in [0.2, 0.25) is 0 Å². The first-order valence-electron chi connectivity index (χ1n) is 6.98. The maximum atomic E-state index is 4.54. The van der Waals surface area contributed by atoms with Crippen LogP contribution in [-0.4, -0.2) is 20.4 Å². The zero-order chi connectivity index (χ0) is 13.2. The molecule has 2 unspecified atom stereocenters. The van der Waals surface area contributed by atoms with Crippen LogP contribution < -0.4 is 5.32 Å². The van der Waals surface area contributed by atoms with Gasteiger partial charge in [0.1, 0.15) is 4.60 Å². The molecule has 0 amide bonds. The van der Waals surface area contributed by atoms with Crippen LogP contribution >= 0.6 is 15.9 Å². The zero-order valence-corrected chi connectivity index (χ0v) is 12.7. The van der Waals surface area contributed by atoms with Crippen LogP contribution in [0.2, 0.25) is 0 Å². The third-order valence-corrected chi connectivity index (χ3v) is 4.33. The molecule has 1 N–H and O–H groups in total. The molecule has 1 saturated carbocycles. The fourth-order valence-corrected chi connectivity index (χ4v) is 3.22. The molecule has 2 atom stereocenters. The van der Waals surface area contributed by atoms with Gasteiger partial charge in [0.05, 0.1) is 0 Å². The number of nitrogens with one attached hydrogen (secondary N) is 1. The van der Waals surface area contributed by atoms with E-state index in [0.717, 1.165) is 22.0 Å². The Kier molecular flexibility index (Phi) is 3.73. The maximum Gasteiger partial charge on any atom is 0.180 e. The molecule has 2 heterocycles. The molecule has 1 aliphatic rings. The molecule has 0 aromatic carbocycles. The van der Waals surface area contributed by atoms with E-state index < -0.39 is 0 Å². The summed E-state index contributed by atoms with van der Waals surface area (Å²) in [5.41, 5.74) is 0.903. The molecule has 2 aromatic heterocycles. The number of aromatic nitrogens is 3. The van der Waals surface area contributed by atoms with Gasteiger partial charge in [-0.2, -0.15) is 0 Å². The van der Waals surface area contributed by atoms with Crippen LogP contribution in [0.5, 0.6) is 0 Å². The molecule has 1 aliphatic carbocycles. The van der Waals surface area contributed by atoms with Gasteiger partial charge in [-0.3, -0.25) is 0 Å². The monoisotopic (exact) mass is 322 g/mol. The molecule has 0 spiro atoms. The number of nitrogens with zero attached hydrogens (tertiary/aromatic N) is 3. The number of rotatable bonds is 2. The topological polar surface area (TPSA) is 42.2 Å². The molecule has 0 aliphatic heterocycles. The van der Waals surface area contributed by atoms with Crippen LogP contribution in [0.25, 0.3) is 5.65 Å². The van der Waals surface area contributed by atoms with E-state index >= 15 is 0 Å². The number of imidazole rings is 1. The molecular formula is C14H19BrN4. The summed E-state index contributed by atoms with van der Waals surface area (Å²) in [6.07, 6.45) is 12.1. The second kappa shape index (κ2) is 5.49. The van der Waals surface area contributed by atoms with Crippen molar-refractivity contribution < 1.29 is 0 Å². The van der Waals surface area contributed by atoms with Crippen molar-refractivity contribution in [3.8, 4) is 0 Å². The van der Waals surface area contributed by atoms with Gasteiger partial charge in [0.25, 0.3) is 0 Å². The van der Waals surface area contributed by atoms with Gasteiger partial charge in [0.15, 0.2) is 11.5 Å². The zero-order valence-electron chi connectivity index (χ0n) is 11.1. The van der Waals surface area contributed by atoms with Crippen LogP contribution in [0.4, 0.5) is 5.82 Å². The van der Waals surface area contributed by atoms with Crippen LogP contribution in [0.15, 0.2) is 23.2 Å². The number of hydrogen-bond acceptors (Lipinski definition) is 3. The van der Waals surface area contributed by atoms with Crippen molar-refractivity contribution in [3.63, 3.8) is 0 Å². The summed E-state index contributed by atoms with van der Waals surface area (Å²) in [6.45, 7) is 2.35. The largest absolute Gasteiger partial charge is 0.364 e. The Morgan fingerprint density at radius 1 is 1.32 bits per heavy atom. The second-order valence-corrected chi connectivity index (χ2v) is 6.34. The van der Waals surface area contributed by atoms with Crippen molar-refractivity contribution in [2.24, 2.45) is 5.92 Å². The molecule has 0 saturated heterocycles. The molecular weight excluding hydrogens is 304 g/mol. The lowest BCUT2D eigenvalue weighted by Crippen LogP contribution is -2.20. The molecule has 3 rings (SSSR count). The van der Waals surface area contributed by atoms with E-state index in [1.165, 1.54) is 32.1 Å². The van der Waals surface area contributed by atoms with Crippen LogP contribution in [-0.2, 0) is 0 Å². The summed E-state index contributed by atoms with van der Waals surface area (Å²) in [6, 6.07) is 0.521. The third-order valence-electron chi connectivity index (χ3n) is 3.94. The minimum absolute atomic E-state index is 0.521. The predicted octanol–water partition coefficient (Wildman–Crippen LogP) is 3.87. The van der Waals surface area contributed by atoms with Crippen molar-refractivity contribution in [1.29, 1.82) is 0 Å². The predicted molar refractivity (Wildman–Crippen MR) is 80.3 cm³/mol. The van der Waals surface area contributed by atoms with Crippen LogP contribution in [0, 0.1) is 5.92 Å². The Labute approximate surface area is 121 Å². The Bertz CT molecular complexity index is 566. The van der Waals surface area contributed by atoms with E-state index in [4.69, 9.17) is 0 Å². The van der Waals surface area contributed by atoms with Crippen LogP contribution in [0.3, 0.4) is 0 Å². The maximum absolute atomic E-state index is 4.54. The molecule has 0 bridgehead atoms. The summed E-state index contributed by atoms with van der Waals surface area (Å²) in [5.74, 6) is 1.74. The van der Waals surface area contributed by atoms with Gasteiger partial charge in [-0.1, -0.05) is 19.8 Å². The summed E-state index contributed by atoms with van der Waals surface area (Å²) >= 11 is 3.46. The first-order valence-corrected chi connectivity index (χ1v) is 7.77. The van der Waals surface area contributed by atoms with E-state index in [0.29, 0.717) is 6.04 Å². The highest BCUT2D eigenvalue weighted by Crippen LogP contribution is 2.26. The number of halogens is 1. The van der Waals surface area contributed by atoms with Crippen molar-refractivity contribution in [2.45, 2.75) is 45.1 Å². The van der Waals surface area contributed by atoms with Gasteiger partial charge < -0.3 is 9.72 Å². The second-order valence-electron chi connectivity index (χ2n) is 5.53. The highest BCUT2D eigenvalue weighted by Gasteiger charge is 2.18. The molecule has 0 radical (unpaired) electrons. The molecule has 102 valence electrons. The van der Waals surface area contributed by atoms with E-state index in [2.05, 4.69) is 38.1 Å². The quantitative estimate of drug-likeness (QED) is 0.853. The molecule has 1 fully saturated rings. The lowest BCUT2D eigenvalue weighted by Gasteiger charge is -2.17. The van der Waals surface area contributed by atoms with Gasteiger partial charge in [-0.25, -0.2) is 9.97 Å². The average Bonchev–Trinajstić information content (AvgIpc) is 2.74. The van der Waals surface area contributed by atoms with Gasteiger partial charge in [-0.15, -0.1) is 0 Å². The summed E-state index contributed by atoms with van der Waals surface area (Å²) in [5, 5.41) is 3.59. The summed E-state index contributed by atoms with van der Waals surface area (Å²) in [4.78, 5) is 8.92. The highest BCUT2D eigenvalue weighted by molar-refractivity contribution is 9.10. The van der Waals surface area contributed by atoms with Gasteiger partial charge >= 0.3 is 0 Å². The summed E-state index contributed by atoms with van der Waals surface area (Å²) < 4.78 is 2.83. The Hall–Kier alpha value is -1.10. The molecule has 2 aromatic rings. The van der Waals surface area contributed by atoms with Gasteiger partial charge in [0, 0.05) is 24.6 Å². The summed E-state index contributed by atoms with van der Waals surface area (Å²) in [7, 11) is 0. The smallest absolute Gasteiger partial charge is 0.180 e. The first kappa shape index (κ1) is 12.9. The minimum atomic E-state index is 0.521. The third kappa shape index (κ3) is 2.91. The Balaban J connectivity index is 1.82. The Morgan fingerprint density at radius 3 is 3.11 bits per heavy atom. The number of hydrogen-bond donors (Lipinski definition) is 1. The van der Waals surface area contributed by atoms with E-state index in [-0.39, 0.29) is 0 Å². The van der Waals surface area contributed by atoms with E-state index in [1.54, 1.807) is 0 Å². The van der Waals surface area contributed by atoms with Crippen LogP contribution in [0.1, 0.15) is 39.0 Å². The normalized spacial score (nSPS) is 24.3. The fourth-order valence-electron chi connectivity index (χ4n) is 2.82. The molecule has 5 heteroatoms. The SMILES string of the molecule is CC1CCCC(Nc2nc(Br)cn3ccnc23)CC1. The fraction of sp³-hybridized carbons (Fsp3) is 0.571. The molecule has 19 heavy (non-hydrogen) atoms. The van der Waals surface area contributed by atoms with Crippen molar-refractivity contribution in [1.82, 2.24) is 14.4 Å². The standard InChI is InChI=1S/C14H19BrN4/c1-10-3-2-4-11(6-5-10)17-13-14-16-7-8-19(14)9-12(15)18-13/h7-11H,2-6H2,1H3,(H,17,18). The average molecular weight is 323 g/mol. The van der Waals surface area contributed by atoms with E-state index in [9.17, 15) is 0 Å². The Morgan fingerprint density at radius 2 is 2.21 bits per heavy atom. The van der Waals surface area contributed by atoms with E-state index in [1.807, 2.05) is 23.0 Å². The first-order chi connectivity index (χ1) is 9.22. The van der Waals surface area contributed by atoms with Crippen molar-refractivity contribution in [2.75, 3.05) is 5.32 Å². The van der Waals surface area contributed by atoms with Gasteiger partial charge in [-0.05, 0) is 41.1 Å².